The molecule has 0 atom stereocenters. The van der Waals surface area contributed by atoms with E-state index in [1.165, 1.54) is 17.3 Å². The summed E-state index contributed by atoms with van der Waals surface area (Å²) < 4.78 is 5.29. The number of carbonyl (C=O) groups is 1. The summed E-state index contributed by atoms with van der Waals surface area (Å²) in [5.41, 5.74) is 6.54. The number of rotatable bonds is 6. The minimum Gasteiger partial charge on any atom is -0.497 e. The number of hydrogen-bond acceptors (Lipinski definition) is 5. The summed E-state index contributed by atoms with van der Waals surface area (Å²) in [5.74, 6) is 1.08. The number of fused-ring (bicyclic) bond motifs is 1. The number of benzene rings is 2. The van der Waals surface area contributed by atoms with E-state index in [-0.39, 0.29) is 11.5 Å². The number of ketones is 1. The molecular weight excluding hydrogens is 404 g/mol. The van der Waals surface area contributed by atoms with Crippen LogP contribution in [0.25, 0.3) is 11.1 Å². The van der Waals surface area contributed by atoms with Gasteiger partial charge in [-0.1, -0.05) is 53.7 Å². The van der Waals surface area contributed by atoms with E-state index in [1.807, 2.05) is 55.5 Å². The molecule has 0 unspecified atom stereocenters. The number of Topliss-reactive ketones (excluding diaryl/α,β-unsaturated/α-hetero) is 1. The zero-order valence-electron chi connectivity index (χ0n) is 17.8. The van der Waals surface area contributed by atoms with Gasteiger partial charge in [0.2, 0.25) is 0 Å². The maximum absolute atomic E-state index is 12.7. The number of carbonyl (C=O) groups excluding carboxylic acids is 1. The lowest BCUT2D eigenvalue weighted by molar-refractivity contribution is 0.102. The van der Waals surface area contributed by atoms with Crippen LogP contribution >= 0.6 is 11.8 Å². The summed E-state index contributed by atoms with van der Waals surface area (Å²) in [5, 5.41) is 10.7. The van der Waals surface area contributed by atoms with Gasteiger partial charge in [0, 0.05) is 16.8 Å². The molecule has 0 bridgehead atoms. The minimum atomic E-state index is 0.0411. The van der Waals surface area contributed by atoms with Crippen LogP contribution in [0.4, 0.5) is 0 Å². The van der Waals surface area contributed by atoms with Crippen LogP contribution in [0, 0.1) is 18.3 Å². The first kappa shape index (κ1) is 21.1. The van der Waals surface area contributed by atoms with Gasteiger partial charge in [0.05, 0.1) is 18.4 Å². The molecular formula is C26H24N2O2S. The lowest BCUT2D eigenvalue weighted by atomic mass is 9.87. The van der Waals surface area contributed by atoms with Gasteiger partial charge in [0.15, 0.2) is 5.78 Å². The number of hydrogen-bond donors (Lipinski definition) is 0. The summed E-state index contributed by atoms with van der Waals surface area (Å²) in [7, 11) is 1.64. The van der Waals surface area contributed by atoms with Crippen molar-refractivity contribution in [1.82, 2.24) is 4.98 Å². The molecule has 0 radical (unpaired) electrons. The van der Waals surface area contributed by atoms with Crippen LogP contribution in [0.5, 0.6) is 5.75 Å². The number of aromatic nitrogens is 1. The quantitative estimate of drug-likeness (QED) is 0.367. The van der Waals surface area contributed by atoms with Crippen molar-refractivity contribution in [3.8, 4) is 22.9 Å². The van der Waals surface area contributed by atoms with Gasteiger partial charge in [0.25, 0.3) is 0 Å². The van der Waals surface area contributed by atoms with Crippen molar-refractivity contribution >= 4 is 17.5 Å². The molecule has 0 saturated heterocycles. The highest BCUT2D eigenvalue weighted by molar-refractivity contribution is 8.00. The lowest BCUT2D eigenvalue weighted by Crippen LogP contribution is -2.11. The molecule has 1 aliphatic carbocycles. The van der Waals surface area contributed by atoms with Gasteiger partial charge in [-0.2, -0.15) is 5.26 Å². The predicted molar refractivity (Wildman–Crippen MR) is 124 cm³/mol. The molecule has 3 aromatic rings. The molecule has 5 heteroatoms. The highest BCUT2D eigenvalue weighted by Crippen LogP contribution is 2.38. The molecule has 0 spiro atoms. The third-order valence-corrected chi connectivity index (χ3v) is 6.62. The van der Waals surface area contributed by atoms with Gasteiger partial charge in [-0.3, -0.25) is 4.79 Å². The van der Waals surface area contributed by atoms with E-state index < -0.39 is 0 Å². The molecule has 1 heterocycles. The fourth-order valence-electron chi connectivity index (χ4n) is 3.96. The highest BCUT2D eigenvalue weighted by atomic mass is 32.2. The SMILES string of the molecule is COc1ccc(-c2c(C#N)c(SCC(=O)c3ccc(C)cc3)nc3c2CCCC3)cc1. The fourth-order valence-corrected chi connectivity index (χ4v) is 4.86. The third-order valence-electron chi connectivity index (χ3n) is 5.64. The average Bonchev–Trinajstić information content (AvgIpc) is 2.82. The molecule has 31 heavy (non-hydrogen) atoms. The maximum Gasteiger partial charge on any atom is 0.173 e. The summed E-state index contributed by atoms with van der Waals surface area (Å²) in [6.07, 6.45) is 4.02. The summed E-state index contributed by atoms with van der Waals surface area (Å²) in [6, 6.07) is 17.8. The molecule has 0 amide bonds. The first-order valence-electron chi connectivity index (χ1n) is 10.4. The Morgan fingerprint density at radius 3 is 2.48 bits per heavy atom. The smallest absolute Gasteiger partial charge is 0.173 e. The summed E-state index contributed by atoms with van der Waals surface area (Å²) in [6.45, 7) is 2.00. The standard InChI is InChI=1S/C26H24N2O2S/c1-17-7-9-18(10-8-17)24(29)16-31-26-22(15-27)25(19-11-13-20(30-2)14-12-19)21-5-3-4-6-23(21)28-26/h7-14H,3-6,16H2,1-2H3. The Bertz CT molecular complexity index is 1150. The maximum atomic E-state index is 12.7. The van der Waals surface area contributed by atoms with E-state index in [1.54, 1.807) is 7.11 Å². The first-order chi connectivity index (χ1) is 15.1. The zero-order valence-corrected chi connectivity index (χ0v) is 18.6. The Balaban J connectivity index is 1.71. The Hall–Kier alpha value is -3.10. The zero-order chi connectivity index (χ0) is 21.8. The van der Waals surface area contributed by atoms with E-state index >= 15 is 0 Å². The number of ether oxygens (including phenoxy) is 1. The summed E-state index contributed by atoms with van der Waals surface area (Å²) in [4.78, 5) is 17.5. The van der Waals surface area contributed by atoms with Crippen LogP contribution in [0.1, 0.15) is 45.6 Å². The van der Waals surface area contributed by atoms with Crippen LogP contribution in [0.15, 0.2) is 53.6 Å². The fraction of sp³-hybridized carbons (Fsp3) is 0.269. The second-order valence-corrected chi connectivity index (χ2v) is 8.68. The van der Waals surface area contributed by atoms with Crippen LogP contribution in [-0.2, 0) is 12.8 Å². The van der Waals surface area contributed by atoms with Crippen LogP contribution in [-0.4, -0.2) is 23.6 Å². The Labute approximate surface area is 187 Å². The third kappa shape index (κ3) is 4.50. The van der Waals surface area contributed by atoms with Crippen LogP contribution in [0.3, 0.4) is 0 Å². The highest BCUT2D eigenvalue weighted by Gasteiger charge is 2.23. The molecule has 1 aliphatic rings. The molecule has 1 aromatic heterocycles. The molecule has 0 saturated carbocycles. The van der Waals surface area contributed by atoms with Crippen molar-refractivity contribution < 1.29 is 9.53 Å². The van der Waals surface area contributed by atoms with Gasteiger partial charge < -0.3 is 4.74 Å². The topological polar surface area (TPSA) is 63.0 Å². The van der Waals surface area contributed by atoms with E-state index in [0.717, 1.165) is 53.8 Å². The van der Waals surface area contributed by atoms with Gasteiger partial charge in [-0.05, 0) is 55.9 Å². The van der Waals surface area contributed by atoms with Crippen molar-refractivity contribution in [3.05, 3.63) is 76.5 Å². The largest absolute Gasteiger partial charge is 0.497 e. The van der Waals surface area contributed by atoms with Crippen molar-refractivity contribution in [3.63, 3.8) is 0 Å². The second-order valence-electron chi connectivity index (χ2n) is 7.72. The Morgan fingerprint density at radius 1 is 1.10 bits per heavy atom. The summed E-state index contributed by atoms with van der Waals surface area (Å²) >= 11 is 1.36. The van der Waals surface area contributed by atoms with E-state index in [2.05, 4.69) is 6.07 Å². The van der Waals surface area contributed by atoms with Gasteiger partial charge in [0.1, 0.15) is 16.8 Å². The number of thioether (sulfide) groups is 1. The van der Waals surface area contributed by atoms with Gasteiger partial charge >= 0.3 is 0 Å². The average molecular weight is 429 g/mol. The first-order valence-corrected chi connectivity index (χ1v) is 11.4. The van der Waals surface area contributed by atoms with Crippen LogP contribution in [0.2, 0.25) is 0 Å². The van der Waals surface area contributed by atoms with Crippen molar-refractivity contribution in [2.75, 3.05) is 12.9 Å². The Morgan fingerprint density at radius 2 is 1.81 bits per heavy atom. The van der Waals surface area contributed by atoms with E-state index in [4.69, 9.17) is 9.72 Å². The van der Waals surface area contributed by atoms with Crippen LogP contribution < -0.4 is 4.74 Å². The minimum absolute atomic E-state index is 0.0411. The number of aryl methyl sites for hydroxylation is 2. The second kappa shape index (κ2) is 9.36. The van der Waals surface area contributed by atoms with Gasteiger partial charge in [-0.25, -0.2) is 4.98 Å². The van der Waals surface area contributed by atoms with Crippen molar-refractivity contribution in [1.29, 1.82) is 5.26 Å². The molecule has 4 rings (SSSR count). The molecule has 0 fully saturated rings. The number of methoxy groups -OCH3 is 1. The molecule has 0 aliphatic heterocycles. The Kier molecular flexibility index (Phi) is 6.39. The van der Waals surface area contributed by atoms with Gasteiger partial charge in [-0.15, -0.1) is 0 Å². The van der Waals surface area contributed by atoms with Crippen molar-refractivity contribution in [2.24, 2.45) is 0 Å². The number of pyridine rings is 1. The normalized spacial score (nSPS) is 12.7. The monoisotopic (exact) mass is 428 g/mol. The molecule has 2 aromatic carbocycles. The van der Waals surface area contributed by atoms with E-state index in [9.17, 15) is 10.1 Å². The molecule has 156 valence electrons. The van der Waals surface area contributed by atoms with Crippen molar-refractivity contribution in [2.45, 2.75) is 37.6 Å². The lowest BCUT2D eigenvalue weighted by Gasteiger charge is -2.22. The predicted octanol–water partition coefficient (Wildman–Crippen LogP) is 5.79. The number of nitriles is 1. The number of nitrogens with zero attached hydrogens (tertiary/aromatic N) is 2. The molecule has 4 nitrogen and oxygen atoms in total. The molecule has 0 N–H and O–H groups in total. The van der Waals surface area contributed by atoms with E-state index in [0.29, 0.717) is 16.2 Å².